The molecule has 0 aliphatic carbocycles. The Hall–Kier alpha value is -0.770. The van der Waals surface area contributed by atoms with Gasteiger partial charge in [0.25, 0.3) is 0 Å². The highest BCUT2D eigenvalue weighted by Crippen LogP contribution is 2.26. The number of benzene rings is 1. The number of aliphatic hydroxyl groups is 2. The fourth-order valence-corrected chi connectivity index (χ4v) is 1.56. The summed E-state index contributed by atoms with van der Waals surface area (Å²) < 4.78 is 0. The van der Waals surface area contributed by atoms with Crippen LogP contribution in [0.4, 0.5) is 5.69 Å². The molecule has 0 amide bonds. The standard InChI is InChI=1S/C10H14ClNO2/c1-12(5-6-13)10-4-2-3-9(11)8(10)7-14/h2-4,13-14H,5-7H2,1H3. The number of hydrogen-bond donors (Lipinski definition) is 2. The highest BCUT2D eigenvalue weighted by atomic mass is 35.5. The molecule has 0 saturated carbocycles. The lowest BCUT2D eigenvalue weighted by Gasteiger charge is -2.21. The smallest absolute Gasteiger partial charge is 0.0716 e. The second kappa shape index (κ2) is 5.20. The van der Waals surface area contributed by atoms with Gasteiger partial charge in [0, 0.05) is 29.9 Å². The highest BCUT2D eigenvalue weighted by Gasteiger charge is 2.08. The van der Waals surface area contributed by atoms with Gasteiger partial charge in [-0.1, -0.05) is 17.7 Å². The molecular weight excluding hydrogens is 202 g/mol. The quantitative estimate of drug-likeness (QED) is 0.795. The highest BCUT2D eigenvalue weighted by molar-refractivity contribution is 6.31. The molecule has 0 aliphatic rings. The summed E-state index contributed by atoms with van der Waals surface area (Å²) in [6.07, 6.45) is 0. The normalized spacial score (nSPS) is 10.3. The Morgan fingerprint density at radius 3 is 2.64 bits per heavy atom. The zero-order valence-electron chi connectivity index (χ0n) is 8.07. The maximum atomic E-state index is 9.14. The Kier molecular flexibility index (Phi) is 4.20. The van der Waals surface area contributed by atoms with Crippen molar-refractivity contribution in [2.45, 2.75) is 6.61 Å². The first kappa shape index (κ1) is 11.3. The topological polar surface area (TPSA) is 43.7 Å². The average molecular weight is 216 g/mol. The molecule has 14 heavy (non-hydrogen) atoms. The van der Waals surface area contributed by atoms with Gasteiger partial charge >= 0.3 is 0 Å². The van der Waals surface area contributed by atoms with E-state index >= 15 is 0 Å². The van der Waals surface area contributed by atoms with Gasteiger partial charge in [0.2, 0.25) is 0 Å². The minimum atomic E-state index is -0.0925. The molecule has 0 atom stereocenters. The predicted octanol–water partition coefficient (Wildman–Crippen LogP) is 1.26. The molecule has 1 aromatic carbocycles. The van der Waals surface area contributed by atoms with Crippen LogP contribution in [0.25, 0.3) is 0 Å². The van der Waals surface area contributed by atoms with Crippen LogP contribution >= 0.6 is 11.6 Å². The van der Waals surface area contributed by atoms with Gasteiger partial charge in [-0.3, -0.25) is 0 Å². The van der Waals surface area contributed by atoms with E-state index in [1.54, 1.807) is 6.07 Å². The lowest BCUT2D eigenvalue weighted by Crippen LogP contribution is -2.22. The van der Waals surface area contributed by atoms with Gasteiger partial charge in [0.1, 0.15) is 0 Å². The minimum Gasteiger partial charge on any atom is -0.395 e. The Balaban J connectivity index is 3.00. The average Bonchev–Trinajstić information content (AvgIpc) is 2.17. The number of hydrogen-bond acceptors (Lipinski definition) is 3. The van der Waals surface area contributed by atoms with E-state index in [1.807, 2.05) is 24.1 Å². The number of anilines is 1. The van der Waals surface area contributed by atoms with Crippen LogP contribution in [0.3, 0.4) is 0 Å². The molecule has 1 aromatic rings. The maximum Gasteiger partial charge on any atom is 0.0716 e. The molecule has 0 unspecified atom stereocenters. The van der Waals surface area contributed by atoms with Crippen molar-refractivity contribution >= 4 is 17.3 Å². The van der Waals surface area contributed by atoms with Crippen LogP contribution < -0.4 is 4.90 Å². The van der Waals surface area contributed by atoms with Gasteiger partial charge in [0.15, 0.2) is 0 Å². The van der Waals surface area contributed by atoms with Crippen molar-refractivity contribution < 1.29 is 10.2 Å². The van der Waals surface area contributed by atoms with Crippen molar-refractivity contribution in [3.05, 3.63) is 28.8 Å². The summed E-state index contributed by atoms with van der Waals surface area (Å²) in [4.78, 5) is 1.86. The first-order valence-electron chi connectivity index (χ1n) is 4.41. The molecular formula is C10H14ClNO2. The molecule has 0 aromatic heterocycles. The van der Waals surface area contributed by atoms with Crippen LogP contribution in [0.15, 0.2) is 18.2 Å². The molecule has 1 rings (SSSR count). The molecule has 0 aliphatic heterocycles. The van der Waals surface area contributed by atoms with E-state index in [4.69, 9.17) is 21.8 Å². The fourth-order valence-electron chi connectivity index (χ4n) is 1.33. The van der Waals surface area contributed by atoms with Crippen LogP contribution in [-0.2, 0) is 6.61 Å². The molecule has 3 nitrogen and oxygen atoms in total. The monoisotopic (exact) mass is 215 g/mol. The van der Waals surface area contributed by atoms with Crippen LogP contribution in [0.5, 0.6) is 0 Å². The zero-order chi connectivity index (χ0) is 10.6. The van der Waals surface area contributed by atoms with E-state index < -0.39 is 0 Å². The largest absolute Gasteiger partial charge is 0.395 e. The van der Waals surface area contributed by atoms with Crippen LogP contribution in [0.2, 0.25) is 5.02 Å². The Bertz CT molecular complexity index is 304. The molecule has 0 heterocycles. The van der Waals surface area contributed by atoms with Crippen molar-refractivity contribution in [1.29, 1.82) is 0 Å². The minimum absolute atomic E-state index is 0.0773. The summed E-state index contributed by atoms with van der Waals surface area (Å²) in [7, 11) is 1.85. The van der Waals surface area contributed by atoms with Crippen molar-refractivity contribution in [2.24, 2.45) is 0 Å². The summed E-state index contributed by atoms with van der Waals surface area (Å²) in [5, 5.41) is 18.5. The summed E-state index contributed by atoms with van der Waals surface area (Å²) in [6, 6.07) is 5.43. The number of aliphatic hydroxyl groups excluding tert-OH is 2. The van der Waals surface area contributed by atoms with Gasteiger partial charge in [-0.05, 0) is 12.1 Å². The lowest BCUT2D eigenvalue weighted by molar-refractivity contribution is 0.281. The van der Waals surface area contributed by atoms with E-state index in [1.165, 1.54) is 0 Å². The molecule has 0 bridgehead atoms. The first-order valence-corrected chi connectivity index (χ1v) is 4.78. The third-order valence-corrected chi connectivity index (χ3v) is 2.45. The second-order valence-corrected chi connectivity index (χ2v) is 3.45. The lowest BCUT2D eigenvalue weighted by atomic mass is 10.1. The van der Waals surface area contributed by atoms with Crippen molar-refractivity contribution in [2.75, 3.05) is 25.1 Å². The predicted molar refractivity (Wildman–Crippen MR) is 57.7 cm³/mol. The molecule has 0 fully saturated rings. The fraction of sp³-hybridized carbons (Fsp3) is 0.400. The van der Waals surface area contributed by atoms with E-state index in [9.17, 15) is 0 Å². The van der Waals surface area contributed by atoms with Crippen LogP contribution in [-0.4, -0.2) is 30.4 Å². The number of halogens is 1. The SMILES string of the molecule is CN(CCO)c1cccc(Cl)c1CO. The Morgan fingerprint density at radius 1 is 1.36 bits per heavy atom. The maximum absolute atomic E-state index is 9.14. The Morgan fingerprint density at radius 2 is 2.07 bits per heavy atom. The van der Waals surface area contributed by atoms with Gasteiger partial charge in [-0.2, -0.15) is 0 Å². The van der Waals surface area contributed by atoms with Crippen LogP contribution in [0.1, 0.15) is 5.56 Å². The van der Waals surface area contributed by atoms with Crippen LogP contribution in [0, 0.1) is 0 Å². The summed E-state index contributed by atoms with van der Waals surface area (Å²) in [5.41, 5.74) is 1.55. The molecule has 0 saturated heterocycles. The molecule has 0 radical (unpaired) electrons. The second-order valence-electron chi connectivity index (χ2n) is 3.04. The van der Waals surface area contributed by atoms with E-state index in [2.05, 4.69) is 0 Å². The molecule has 4 heteroatoms. The molecule has 2 N–H and O–H groups in total. The van der Waals surface area contributed by atoms with Gasteiger partial charge in [-0.15, -0.1) is 0 Å². The van der Waals surface area contributed by atoms with Crippen molar-refractivity contribution in [1.82, 2.24) is 0 Å². The van der Waals surface area contributed by atoms with Gasteiger partial charge < -0.3 is 15.1 Å². The molecule has 0 spiro atoms. The van der Waals surface area contributed by atoms with Gasteiger partial charge in [0.05, 0.1) is 13.2 Å². The number of likely N-dealkylation sites (N-methyl/N-ethyl adjacent to an activating group) is 1. The first-order chi connectivity index (χ1) is 6.70. The van der Waals surface area contributed by atoms with Crippen molar-refractivity contribution in [3.63, 3.8) is 0 Å². The van der Waals surface area contributed by atoms with E-state index in [-0.39, 0.29) is 13.2 Å². The number of rotatable bonds is 4. The number of nitrogens with zero attached hydrogens (tertiary/aromatic N) is 1. The van der Waals surface area contributed by atoms with E-state index in [0.29, 0.717) is 17.1 Å². The third kappa shape index (κ3) is 2.38. The zero-order valence-corrected chi connectivity index (χ0v) is 8.83. The third-order valence-electron chi connectivity index (χ3n) is 2.10. The Labute approximate surface area is 88.5 Å². The van der Waals surface area contributed by atoms with Crippen molar-refractivity contribution in [3.8, 4) is 0 Å². The summed E-state index contributed by atoms with van der Waals surface area (Å²) in [5.74, 6) is 0. The van der Waals surface area contributed by atoms with Gasteiger partial charge in [-0.25, -0.2) is 0 Å². The molecule has 78 valence electrons. The summed E-state index contributed by atoms with van der Waals surface area (Å²) in [6.45, 7) is 0.506. The van der Waals surface area contributed by atoms with E-state index in [0.717, 1.165) is 5.69 Å². The summed E-state index contributed by atoms with van der Waals surface area (Å²) >= 11 is 5.92.